The minimum atomic E-state index is -0.549. The Balaban J connectivity index is 2.28. The highest BCUT2D eigenvalue weighted by molar-refractivity contribution is 5.91. The van der Waals surface area contributed by atoms with E-state index < -0.39 is 6.04 Å². The van der Waals surface area contributed by atoms with E-state index in [1.807, 2.05) is 35.2 Å². The van der Waals surface area contributed by atoms with Gasteiger partial charge in [-0.15, -0.1) is 0 Å². The Labute approximate surface area is 126 Å². The molecule has 4 nitrogen and oxygen atoms in total. The number of carbonyl (C=O) groups excluding carboxylic acids is 2. The second-order valence-electron chi connectivity index (χ2n) is 5.54. The van der Waals surface area contributed by atoms with Crippen molar-refractivity contribution < 1.29 is 9.59 Å². The number of nitrogens with zero attached hydrogens (tertiary/aromatic N) is 1. The maximum atomic E-state index is 12.9. The molecule has 2 rings (SSSR count). The minimum absolute atomic E-state index is 0.0207. The fraction of sp³-hybridized carbons (Fsp3) is 0.529. The number of hydrogen-bond donors (Lipinski definition) is 1. The molecule has 1 aromatic rings. The van der Waals surface area contributed by atoms with Crippen molar-refractivity contribution in [2.24, 2.45) is 0 Å². The summed E-state index contributed by atoms with van der Waals surface area (Å²) in [4.78, 5) is 26.7. The zero-order chi connectivity index (χ0) is 15.2. The predicted molar refractivity (Wildman–Crippen MR) is 82.6 cm³/mol. The molecular weight excluding hydrogens is 264 g/mol. The van der Waals surface area contributed by atoms with E-state index in [1.54, 1.807) is 0 Å². The van der Waals surface area contributed by atoms with Crippen molar-refractivity contribution in [3.63, 3.8) is 0 Å². The summed E-state index contributed by atoms with van der Waals surface area (Å²) in [6.45, 7) is 4.75. The largest absolute Gasteiger partial charge is 0.340 e. The third kappa shape index (κ3) is 3.63. The van der Waals surface area contributed by atoms with Crippen molar-refractivity contribution >= 4 is 11.8 Å². The van der Waals surface area contributed by atoms with Gasteiger partial charge < -0.3 is 10.2 Å². The molecule has 1 saturated heterocycles. The lowest BCUT2D eigenvalue weighted by atomic mass is 10.0. The highest BCUT2D eigenvalue weighted by atomic mass is 16.2. The van der Waals surface area contributed by atoms with Crippen LogP contribution in [0.25, 0.3) is 0 Å². The summed E-state index contributed by atoms with van der Waals surface area (Å²) in [5.41, 5.74) is 0.856. The van der Waals surface area contributed by atoms with Gasteiger partial charge in [-0.1, -0.05) is 50.6 Å². The number of nitrogens with one attached hydrogen (secondary N) is 1. The van der Waals surface area contributed by atoms with Gasteiger partial charge in [0.1, 0.15) is 6.04 Å². The number of amides is 2. The zero-order valence-corrected chi connectivity index (χ0v) is 12.8. The molecule has 0 aromatic heterocycles. The van der Waals surface area contributed by atoms with Crippen LogP contribution in [0.4, 0.5) is 0 Å². The molecule has 2 unspecified atom stereocenters. The van der Waals surface area contributed by atoms with Gasteiger partial charge in [-0.05, 0) is 18.4 Å². The van der Waals surface area contributed by atoms with Crippen molar-refractivity contribution in [1.82, 2.24) is 10.2 Å². The summed E-state index contributed by atoms with van der Waals surface area (Å²) in [5.74, 6) is -0.0293. The van der Waals surface area contributed by atoms with Gasteiger partial charge >= 0.3 is 0 Å². The minimum Gasteiger partial charge on any atom is -0.340 e. The lowest BCUT2D eigenvalue weighted by Crippen LogP contribution is -2.44. The first-order valence-electron chi connectivity index (χ1n) is 7.82. The molecule has 0 saturated carbocycles. The van der Waals surface area contributed by atoms with Crippen LogP contribution in [-0.2, 0) is 9.59 Å². The first-order chi connectivity index (χ1) is 10.2. The predicted octanol–water partition coefficient (Wildman–Crippen LogP) is 2.65. The van der Waals surface area contributed by atoms with Gasteiger partial charge in [0.15, 0.2) is 0 Å². The van der Waals surface area contributed by atoms with E-state index in [2.05, 4.69) is 19.2 Å². The summed E-state index contributed by atoms with van der Waals surface area (Å²) in [7, 11) is 0. The average Bonchev–Trinajstić information content (AvgIpc) is 2.65. The van der Waals surface area contributed by atoms with Crippen LogP contribution in [0.15, 0.2) is 30.3 Å². The van der Waals surface area contributed by atoms with Crippen LogP contribution in [0.5, 0.6) is 0 Å². The molecule has 0 aliphatic carbocycles. The lowest BCUT2D eigenvalue weighted by molar-refractivity contribution is -0.136. The van der Waals surface area contributed by atoms with Gasteiger partial charge in [-0.2, -0.15) is 0 Å². The topological polar surface area (TPSA) is 49.4 Å². The summed E-state index contributed by atoms with van der Waals surface area (Å²) in [5, 5.41) is 2.87. The second kappa shape index (κ2) is 7.25. The Bertz CT molecular complexity index is 487. The third-order valence-corrected chi connectivity index (χ3v) is 4.08. The lowest BCUT2D eigenvalue weighted by Gasteiger charge is -2.31. The molecule has 1 aromatic carbocycles. The molecule has 0 radical (unpaired) electrons. The van der Waals surface area contributed by atoms with Crippen molar-refractivity contribution in [2.75, 3.05) is 6.54 Å². The van der Waals surface area contributed by atoms with Crippen molar-refractivity contribution in [3.05, 3.63) is 35.9 Å². The third-order valence-electron chi connectivity index (χ3n) is 4.08. The van der Waals surface area contributed by atoms with Gasteiger partial charge in [0.05, 0.1) is 0 Å². The van der Waals surface area contributed by atoms with E-state index in [0.717, 1.165) is 24.8 Å². The summed E-state index contributed by atoms with van der Waals surface area (Å²) in [6, 6.07) is 9.17. The van der Waals surface area contributed by atoms with Crippen LogP contribution in [0.1, 0.15) is 51.1 Å². The Kier molecular flexibility index (Phi) is 5.37. The van der Waals surface area contributed by atoms with E-state index in [4.69, 9.17) is 0 Å². The number of rotatable bonds is 5. The molecule has 21 heavy (non-hydrogen) atoms. The smallest absolute Gasteiger partial charge is 0.250 e. The molecule has 114 valence electrons. The summed E-state index contributed by atoms with van der Waals surface area (Å²) in [6.07, 6.45) is 3.34. The number of carbonyl (C=O) groups is 2. The van der Waals surface area contributed by atoms with Crippen LogP contribution in [0.3, 0.4) is 0 Å². The maximum Gasteiger partial charge on any atom is 0.250 e. The van der Waals surface area contributed by atoms with Crippen LogP contribution in [0, 0.1) is 0 Å². The molecule has 2 atom stereocenters. The van der Waals surface area contributed by atoms with Crippen molar-refractivity contribution in [3.8, 4) is 0 Å². The normalized spacial score (nSPS) is 20.9. The average molecular weight is 288 g/mol. The van der Waals surface area contributed by atoms with Crippen LogP contribution in [-0.4, -0.2) is 29.3 Å². The van der Waals surface area contributed by atoms with Crippen LogP contribution < -0.4 is 5.32 Å². The van der Waals surface area contributed by atoms with E-state index >= 15 is 0 Å². The Morgan fingerprint density at radius 1 is 1.24 bits per heavy atom. The molecule has 1 heterocycles. The van der Waals surface area contributed by atoms with Gasteiger partial charge in [0.25, 0.3) is 0 Å². The highest BCUT2D eigenvalue weighted by Crippen LogP contribution is 2.23. The molecule has 1 N–H and O–H groups in total. The van der Waals surface area contributed by atoms with E-state index in [1.165, 1.54) is 0 Å². The van der Waals surface area contributed by atoms with Gasteiger partial charge in [-0.3, -0.25) is 9.59 Å². The second-order valence-corrected chi connectivity index (χ2v) is 5.54. The van der Waals surface area contributed by atoms with E-state index in [-0.39, 0.29) is 17.9 Å². The monoisotopic (exact) mass is 288 g/mol. The molecular formula is C17H24N2O2. The summed E-state index contributed by atoms with van der Waals surface area (Å²) < 4.78 is 0. The molecule has 1 aliphatic heterocycles. The molecule has 4 heteroatoms. The molecule has 0 bridgehead atoms. The fourth-order valence-corrected chi connectivity index (χ4v) is 2.94. The number of benzene rings is 1. The first-order valence-corrected chi connectivity index (χ1v) is 7.82. The van der Waals surface area contributed by atoms with Gasteiger partial charge in [0.2, 0.25) is 11.8 Å². The van der Waals surface area contributed by atoms with E-state index in [0.29, 0.717) is 13.0 Å². The van der Waals surface area contributed by atoms with Gasteiger partial charge in [0, 0.05) is 19.0 Å². The SMILES string of the molecule is CCCC(CC)N1CCC(=O)NC(c2ccccc2)C1=O. The van der Waals surface area contributed by atoms with Gasteiger partial charge in [-0.25, -0.2) is 0 Å². The van der Waals surface area contributed by atoms with Crippen LogP contribution in [0.2, 0.25) is 0 Å². The van der Waals surface area contributed by atoms with E-state index in [9.17, 15) is 9.59 Å². The first kappa shape index (κ1) is 15.5. The Morgan fingerprint density at radius 3 is 2.57 bits per heavy atom. The Morgan fingerprint density at radius 2 is 1.95 bits per heavy atom. The maximum absolute atomic E-state index is 12.9. The molecule has 2 amide bonds. The van der Waals surface area contributed by atoms with Crippen LogP contribution >= 0.6 is 0 Å². The fourth-order valence-electron chi connectivity index (χ4n) is 2.94. The van der Waals surface area contributed by atoms with Crippen molar-refractivity contribution in [2.45, 2.75) is 51.6 Å². The molecule has 1 aliphatic rings. The number of hydrogen-bond acceptors (Lipinski definition) is 2. The highest BCUT2D eigenvalue weighted by Gasteiger charge is 2.33. The zero-order valence-electron chi connectivity index (χ0n) is 12.8. The summed E-state index contributed by atoms with van der Waals surface area (Å²) >= 11 is 0. The quantitative estimate of drug-likeness (QED) is 0.905. The van der Waals surface area contributed by atoms with Crippen molar-refractivity contribution in [1.29, 1.82) is 0 Å². The Hall–Kier alpha value is -1.84. The molecule has 1 fully saturated rings. The standard InChI is InChI=1S/C17H24N2O2/c1-3-8-14(4-2)19-12-11-15(20)18-16(17(19)21)13-9-6-5-7-10-13/h5-7,9-10,14,16H,3-4,8,11-12H2,1-2H3,(H,18,20). The molecule has 0 spiro atoms.